The van der Waals surface area contributed by atoms with E-state index in [4.69, 9.17) is 0 Å². The molecule has 1 aromatic rings. The van der Waals surface area contributed by atoms with Crippen LogP contribution < -0.4 is 10.6 Å². The molecule has 0 amide bonds. The van der Waals surface area contributed by atoms with Crippen molar-refractivity contribution in [2.75, 3.05) is 31.2 Å². The van der Waals surface area contributed by atoms with Crippen molar-refractivity contribution in [3.8, 4) is 0 Å². The van der Waals surface area contributed by atoms with Gasteiger partial charge in [0.15, 0.2) is 9.84 Å². The Morgan fingerprint density at radius 2 is 1.96 bits per heavy atom. The average Bonchev–Trinajstić information content (AvgIpc) is 2.60. The van der Waals surface area contributed by atoms with Crippen LogP contribution in [0.25, 0.3) is 0 Å². The number of nitrogens with one attached hydrogen (secondary N) is 2. The quantitative estimate of drug-likeness (QED) is 0.806. The van der Waals surface area contributed by atoms with Crippen molar-refractivity contribution in [2.24, 2.45) is 5.92 Å². The second-order valence-corrected chi connectivity index (χ2v) is 9.13. The lowest BCUT2D eigenvalue weighted by molar-refractivity contribution is 0.373. The molecule has 3 rings (SSSR count). The molecule has 1 saturated carbocycles. The van der Waals surface area contributed by atoms with E-state index in [1.54, 1.807) is 0 Å². The minimum atomic E-state index is -3.32. The van der Waals surface area contributed by atoms with Crippen LogP contribution in [0, 0.1) is 5.92 Å². The highest BCUT2D eigenvalue weighted by molar-refractivity contribution is 7.90. The molecule has 1 atom stereocenters. The van der Waals surface area contributed by atoms with Gasteiger partial charge in [-0.25, -0.2) is 18.4 Å². The highest BCUT2D eigenvalue weighted by Gasteiger charge is 2.25. The van der Waals surface area contributed by atoms with Gasteiger partial charge in [-0.1, -0.05) is 19.3 Å². The predicted molar refractivity (Wildman–Crippen MR) is 102 cm³/mol. The van der Waals surface area contributed by atoms with Gasteiger partial charge in [0.2, 0.25) is 5.95 Å². The summed E-state index contributed by atoms with van der Waals surface area (Å²) in [7, 11) is -3.32. The first kappa shape index (κ1) is 20.4. The van der Waals surface area contributed by atoms with E-state index in [-0.39, 0.29) is 23.2 Å². The third kappa shape index (κ3) is 5.53. The van der Waals surface area contributed by atoms with E-state index in [9.17, 15) is 8.42 Å². The summed E-state index contributed by atoms with van der Waals surface area (Å²) in [6, 6.07) is 0. The molecule has 8 heteroatoms. The smallest absolute Gasteiger partial charge is 0.222 e. The number of aromatic nitrogens is 2. The van der Waals surface area contributed by atoms with Crippen molar-refractivity contribution in [3.63, 3.8) is 0 Å². The molecule has 2 N–H and O–H groups in total. The molecular formula is C17H29ClN4O2S. The summed E-state index contributed by atoms with van der Waals surface area (Å²) in [5.74, 6) is 1.38. The second kappa shape index (κ2) is 9.14. The van der Waals surface area contributed by atoms with Crippen molar-refractivity contribution in [2.45, 2.75) is 55.8 Å². The summed E-state index contributed by atoms with van der Waals surface area (Å²) >= 11 is 0. The van der Waals surface area contributed by atoms with Crippen LogP contribution in [0.4, 0.5) is 5.95 Å². The van der Waals surface area contributed by atoms with Gasteiger partial charge in [0.25, 0.3) is 0 Å². The van der Waals surface area contributed by atoms with Crippen molar-refractivity contribution < 1.29 is 8.42 Å². The van der Waals surface area contributed by atoms with Gasteiger partial charge < -0.3 is 10.6 Å². The van der Waals surface area contributed by atoms with Crippen LogP contribution in [0.5, 0.6) is 0 Å². The number of anilines is 1. The first-order valence-electron chi connectivity index (χ1n) is 9.05. The van der Waals surface area contributed by atoms with Crippen molar-refractivity contribution in [1.82, 2.24) is 15.3 Å². The van der Waals surface area contributed by atoms with Crippen LogP contribution in [-0.2, 0) is 9.84 Å². The van der Waals surface area contributed by atoms with E-state index < -0.39 is 9.84 Å². The molecule has 0 aromatic carbocycles. The zero-order chi connectivity index (χ0) is 17.0. The molecule has 1 unspecified atom stereocenters. The monoisotopic (exact) mass is 388 g/mol. The van der Waals surface area contributed by atoms with Crippen LogP contribution >= 0.6 is 12.4 Å². The maximum atomic E-state index is 12.1. The van der Waals surface area contributed by atoms with Crippen LogP contribution in [0.2, 0.25) is 0 Å². The zero-order valence-electron chi connectivity index (χ0n) is 14.8. The van der Waals surface area contributed by atoms with Crippen LogP contribution in [0.1, 0.15) is 56.6 Å². The first-order chi connectivity index (χ1) is 11.5. The maximum absolute atomic E-state index is 12.1. The molecule has 1 saturated heterocycles. The molecule has 1 aromatic heterocycles. The Balaban J connectivity index is 0.00000225. The van der Waals surface area contributed by atoms with E-state index in [1.165, 1.54) is 44.6 Å². The predicted octanol–water partition coefficient (Wildman–Crippen LogP) is 2.76. The van der Waals surface area contributed by atoms with Gasteiger partial charge in [0, 0.05) is 25.3 Å². The Morgan fingerprint density at radius 1 is 1.20 bits per heavy atom. The molecule has 0 bridgehead atoms. The summed E-state index contributed by atoms with van der Waals surface area (Å²) in [5, 5.41) is 6.67. The second-order valence-electron chi connectivity index (χ2n) is 7.14. The highest BCUT2D eigenvalue weighted by atomic mass is 35.5. The highest BCUT2D eigenvalue weighted by Crippen LogP contribution is 2.28. The lowest BCUT2D eigenvalue weighted by Gasteiger charge is -2.25. The first-order valence-corrected chi connectivity index (χ1v) is 10.9. The Hall–Kier alpha value is -0.920. The largest absolute Gasteiger partial charge is 0.354 e. The fraction of sp³-hybridized carbons (Fsp3) is 0.765. The summed E-state index contributed by atoms with van der Waals surface area (Å²) < 4.78 is 24.2. The number of hydrogen-bond acceptors (Lipinski definition) is 6. The lowest BCUT2D eigenvalue weighted by atomic mass is 9.89. The van der Waals surface area contributed by atoms with Gasteiger partial charge in [-0.15, -0.1) is 12.4 Å². The van der Waals surface area contributed by atoms with Gasteiger partial charge in [0.05, 0.1) is 11.9 Å². The number of piperidine rings is 1. The number of nitrogens with zero attached hydrogens (tertiary/aromatic N) is 2. The Kier molecular flexibility index (Phi) is 7.46. The fourth-order valence-electron chi connectivity index (χ4n) is 3.76. The molecule has 1 aliphatic carbocycles. The standard InChI is InChI=1S/C17H28N4O2S.ClH/c1-24(22,23)15-12-20-17(19-10-13-6-3-2-4-7-13)21-16(15)14-8-5-9-18-11-14;/h12-14,18H,2-11H2,1H3,(H,19,20,21);1H. The molecule has 0 spiro atoms. The number of sulfone groups is 1. The average molecular weight is 389 g/mol. The van der Waals surface area contributed by atoms with Crippen LogP contribution in [0.3, 0.4) is 0 Å². The van der Waals surface area contributed by atoms with Crippen molar-refractivity contribution in [3.05, 3.63) is 11.9 Å². The molecule has 2 fully saturated rings. The zero-order valence-corrected chi connectivity index (χ0v) is 16.5. The van der Waals surface area contributed by atoms with Crippen LogP contribution in [-0.4, -0.2) is 44.3 Å². The van der Waals surface area contributed by atoms with Gasteiger partial charge >= 0.3 is 0 Å². The van der Waals surface area contributed by atoms with E-state index in [0.29, 0.717) is 17.6 Å². The summed E-state index contributed by atoms with van der Waals surface area (Å²) in [6.45, 7) is 2.64. The Bertz CT molecular complexity index is 657. The van der Waals surface area contributed by atoms with Gasteiger partial charge in [-0.2, -0.15) is 0 Å². The molecule has 6 nitrogen and oxygen atoms in total. The topological polar surface area (TPSA) is 84.0 Å². The Morgan fingerprint density at radius 3 is 2.60 bits per heavy atom. The van der Waals surface area contributed by atoms with E-state index >= 15 is 0 Å². The molecule has 142 valence electrons. The fourth-order valence-corrected chi connectivity index (χ4v) is 4.60. The molecular weight excluding hydrogens is 360 g/mol. The van der Waals surface area contributed by atoms with E-state index in [1.807, 2.05) is 0 Å². The third-order valence-corrected chi connectivity index (χ3v) is 6.25. The molecule has 2 heterocycles. The minimum absolute atomic E-state index is 0. The summed E-state index contributed by atoms with van der Waals surface area (Å²) in [6.07, 6.45) is 11.2. The molecule has 0 radical (unpaired) electrons. The van der Waals surface area contributed by atoms with Crippen molar-refractivity contribution in [1.29, 1.82) is 0 Å². The van der Waals surface area contributed by atoms with E-state index in [2.05, 4.69) is 20.6 Å². The minimum Gasteiger partial charge on any atom is -0.354 e. The maximum Gasteiger partial charge on any atom is 0.222 e. The number of halogens is 1. The van der Waals surface area contributed by atoms with E-state index in [0.717, 1.165) is 32.5 Å². The SMILES string of the molecule is CS(=O)(=O)c1cnc(NCC2CCCCC2)nc1C1CCCNC1.Cl. The van der Waals surface area contributed by atoms with Gasteiger partial charge in [-0.3, -0.25) is 0 Å². The molecule has 25 heavy (non-hydrogen) atoms. The normalized spacial score (nSPS) is 22.2. The number of hydrogen-bond donors (Lipinski definition) is 2. The molecule has 1 aliphatic heterocycles. The third-order valence-electron chi connectivity index (χ3n) is 5.14. The lowest BCUT2D eigenvalue weighted by Crippen LogP contribution is -2.30. The van der Waals surface area contributed by atoms with Gasteiger partial charge in [-0.05, 0) is 38.1 Å². The van der Waals surface area contributed by atoms with Crippen molar-refractivity contribution >= 4 is 28.2 Å². The summed E-state index contributed by atoms with van der Waals surface area (Å²) in [4.78, 5) is 9.15. The number of rotatable bonds is 5. The molecule has 2 aliphatic rings. The Labute approximate surface area is 156 Å². The van der Waals surface area contributed by atoms with Crippen LogP contribution in [0.15, 0.2) is 11.1 Å². The van der Waals surface area contributed by atoms with Gasteiger partial charge in [0.1, 0.15) is 4.90 Å². The summed E-state index contributed by atoms with van der Waals surface area (Å²) in [5.41, 5.74) is 0.672.